The number of benzene rings is 2. The van der Waals surface area contributed by atoms with Crippen LogP contribution in [0.5, 0.6) is 0 Å². The van der Waals surface area contributed by atoms with Gasteiger partial charge in [0.25, 0.3) is 0 Å². The number of thiazole rings is 1. The molecule has 4 rings (SSSR count). The van der Waals surface area contributed by atoms with E-state index in [1.54, 1.807) is 18.3 Å². The van der Waals surface area contributed by atoms with Crippen molar-refractivity contribution in [2.24, 2.45) is 0 Å². The predicted octanol–water partition coefficient (Wildman–Crippen LogP) is 5.02. The molecule has 4 aromatic rings. The largest absolute Gasteiger partial charge is 0.313 e. The third-order valence-corrected chi connectivity index (χ3v) is 5.58. The van der Waals surface area contributed by atoms with Gasteiger partial charge >= 0.3 is 0 Å². The Morgan fingerprint density at radius 2 is 2.00 bits per heavy atom. The summed E-state index contributed by atoms with van der Waals surface area (Å²) < 4.78 is 0. The van der Waals surface area contributed by atoms with Crippen molar-refractivity contribution in [3.63, 3.8) is 0 Å². The fraction of sp³-hybridized carbons (Fsp3) is 0.0909. The van der Waals surface area contributed by atoms with Crippen LogP contribution in [0.15, 0.2) is 60.9 Å². The van der Waals surface area contributed by atoms with Crippen molar-refractivity contribution in [1.29, 1.82) is 5.26 Å². The number of hydrogen-bond acceptors (Lipinski definition) is 6. The fourth-order valence-electron chi connectivity index (χ4n) is 3.10. The number of carbonyl (C=O) groups is 1. The van der Waals surface area contributed by atoms with Crippen LogP contribution in [0.25, 0.3) is 10.8 Å². The lowest BCUT2D eigenvalue weighted by Gasteiger charge is -2.23. The molecule has 0 radical (unpaired) electrons. The number of aryl methyl sites for hydroxylation is 1. The van der Waals surface area contributed by atoms with Gasteiger partial charge in [-0.25, -0.2) is 4.98 Å². The third-order valence-electron chi connectivity index (χ3n) is 4.57. The maximum Gasteiger partial charge on any atom is 0.191 e. The zero-order chi connectivity index (χ0) is 19.5. The molecular formula is C22H16N4OS. The smallest absolute Gasteiger partial charge is 0.191 e. The molecular weight excluding hydrogens is 368 g/mol. The van der Waals surface area contributed by atoms with E-state index in [0.717, 1.165) is 38.3 Å². The van der Waals surface area contributed by atoms with Crippen LogP contribution in [0.1, 0.15) is 26.5 Å². The van der Waals surface area contributed by atoms with Crippen molar-refractivity contribution in [3.8, 4) is 6.07 Å². The van der Waals surface area contributed by atoms with Gasteiger partial charge in [-0.15, -0.1) is 11.3 Å². The normalized spacial score (nSPS) is 10.6. The lowest BCUT2D eigenvalue weighted by atomic mass is 10.1. The highest BCUT2D eigenvalue weighted by Gasteiger charge is 2.17. The summed E-state index contributed by atoms with van der Waals surface area (Å²) in [6, 6.07) is 17.7. The number of nitrogens with zero attached hydrogens (tertiary/aromatic N) is 4. The Hall–Kier alpha value is -3.56. The molecule has 0 spiro atoms. The van der Waals surface area contributed by atoms with Gasteiger partial charge in [0.1, 0.15) is 5.69 Å². The first-order chi connectivity index (χ1) is 13.7. The molecule has 0 saturated heterocycles. The lowest BCUT2D eigenvalue weighted by molar-refractivity contribution is 0.111. The lowest BCUT2D eigenvalue weighted by Crippen LogP contribution is -2.16. The van der Waals surface area contributed by atoms with Crippen LogP contribution in [-0.4, -0.2) is 16.3 Å². The quantitative estimate of drug-likeness (QED) is 0.452. The highest BCUT2D eigenvalue weighted by molar-refractivity contribution is 7.15. The van der Waals surface area contributed by atoms with Crippen LogP contribution in [0.3, 0.4) is 0 Å². The Labute approximate surface area is 166 Å². The van der Waals surface area contributed by atoms with Crippen molar-refractivity contribution in [2.75, 3.05) is 4.90 Å². The minimum atomic E-state index is 0.459. The Kier molecular flexibility index (Phi) is 4.83. The standard InChI is InChI=1S/C22H16N4OS/c1-15-21(14-27)25-22(28-15)26(19-7-5-16(11-23)6-8-19)13-18-4-2-3-17-12-24-10-9-20(17)18/h2-10,12,14H,13H2,1H3. The molecule has 6 heteroatoms. The van der Waals surface area contributed by atoms with Gasteiger partial charge < -0.3 is 4.90 Å². The molecule has 0 aliphatic rings. The summed E-state index contributed by atoms with van der Waals surface area (Å²) in [4.78, 5) is 23.0. The minimum Gasteiger partial charge on any atom is -0.313 e. The first-order valence-corrected chi connectivity index (χ1v) is 9.53. The molecule has 2 heterocycles. The van der Waals surface area contributed by atoms with Crippen molar-refractivity contribution in [3.05, 3.63) is 82.6 Å². The fourth-order valence-corrected chi connectivity index (χ4v) is 4.00. The van der Waals surface area contributed by atoms with Gasteiger partial charge in [-0.1, -0.05) is 18.2 Å². The number of anilines is 2. The number of aldehydes is 1. The first-order valence-electron chi connectivity index (χ1n) is 8.71. The predicted molar refractivity (Wildman–Crippen MR) is 111 cm³/mol. The van der Waals surface area contributed by atoms with Crippen LogP contribution < -0.4 is 4.90 Å². The third kappa shape index (κ3) is 3.36. The van der Waals surface area contributed by atoms with E-state index < -0.39 is 0 Å². The molecule has 0 unspecified atom stereocenters. The molecule has 0 atom stereocenters. The van der Waals surface area contributed by atoms with E-state index in [1.807, 2.05) is 43.5 Å². The van der Waals surface area contributed by atoms with Gasteiger partial charge in [0.2, 0.25) is 0 Å². The van der Waals surface area contributed by atoms with Crippen molar-refractivity contribution < 1.29 is 4.79 Å². The van der Waals surface area contributed by atoms with Gasteiger partial charge in [-0.3, -0.25) is 9.78 Å². The molecule has 0 N–H and O–H groups in total. The zero-order valence-corrected chi connectivity index (χ0v) is 16.0. The van der Waals surface area contributed by atoms with Crippen molar-refractivity contribution in [2.45, 2.75) is 13.5 Å². The maximum absolute atomic E-state index is 11.3. The number of nitriles is 1. The van der Waals surface area contributed by atoms with Crippen LogP contribution >= 0.6 is 11.3 Å². The monoisotopic (exact) mass is 384 g/mol. The number of carbonyl (C=O) groups excluding carboxylic acids is 1. The Morgan fingerprint density at radius 1 is 1.18 bits per heavy atom. The molecule has 0 fully saturated rings. The van der Waals surface area contributed by atoms with Gasteiger partial charge in [0.05, 0.1) is 18.2 Å². The summed E-state index contributed by atoms with van der Waals surface area (Å²) >= 11 is 1.48. The van der Waals surface area contributed by atoms with Gasteiger partial charge in [0.15, 0.2) is 11.4 Å². The zero-order valence-electron chi connectivity index (χ0n) is 15.2. The van der Waals surface area contributed by atoms with Crippen molar-refractivity contribution in [1.82, 2.24) is 9.97 Å². The molecule has 0 amide bonds. The minimum absolute atomic E-state index is 0.459. The molecule has 5 nitrogen and oxygen atoms in total. The van der Waals surface area contributed by atoms with Crippen molar-refractivity contribution >= 4 is 39.2 Å². The number of aromatic nitrogens is 2. The summed E-state index contributed by atoms with van der Waals surface area (Å²) in [7, 11) is 0. The summed E-state index contributed by atoms with van der Waals surface area (Å²) in [5.41, 5.74) is 3.10. The second-order valence-electron chi connectivity index (χ2n) is 6.31. The van der Waals surface area contributed by atoms with E-state index in [-0.39, 0.29) is 0 Å². The van der Waals surface area contributed by atoms with E-state index >= 15 is 0 Å². The summed E-state index contributed by atoms with van der Waals surface area (Å²) in [6.07, 6.45) is 4.43. The summed E-state index contributed by atoms with van der Waals surface area (Å²) in [5, 5.41) is 12.0. The highest BCUT2D eigenvalue weighted by Crippen LogP contribution is 2.34. The van der Waals surface area contributed by atoms with Crippen LogP contribution in [0.4, 0.5) is 10.8 Å². The Morgan fingerprint density at radius 3 is 2.71 bits per heavy atom. The Bertz CT molecular complexity index is 1190. The van der Waals surface area contributed by atoms with E-state index in [0.29, 0.717) is 17.8 Å². The molecule has 136 valence electrons. The SMILES string of the molecule is Cc1sc(N(Cc2cccc3cnccc23)c2ccc(C#N)cc2)nc1C=O. The van der Waals surface area contributed by atoms with E-state index in [2.05, 4.69) is 27.0 Å². The maximum atomic E-state index is 11.3. The molecule has 2 aromatic heterocycles. The second-order valence-corrected chi connectivity index (χ2v) is 7.50. The van der Waals surface area contributed by atoms with Crippen LogP contribution in [0, 0.1) is 18.3 Å². The number of rotatable bonds is 5. The van der Waals surface area contributed by atoms with E-state index in [4.69, 9.17) is 5.26 Å². The number of hydrogen-bond donors (Lipinski definition) is 0. The summed E-state index contributed by atoms with van der Waals surface area (Å²) in [5.74, 6) is 0. The average Bonchev–Trinajstić information content (AvgIpc) is 3.12. The van der Waals surface area contributed by atoms with Gasteiger partial charge in [-0.05, 0) is 48.2 Å². The Balaban J connectivity index is 1.81. The molecule has 0 aliphatic heterocycles. The molecule has 0 bridgehead atoms. The molecule has 0 saturated carbocycles. The summed E-state index contributed by atoms with van der Waals surface area (Å²) in [6.45, 7) is 2.48. The molecule has 2 aromatic carbocycles. The number of fused-ring (bicyclic) bond motifs is 1. The topological polar surface area (TPSA) is 69.9 Å². The van der Waals surface area contributed by atoms with Gasteiger partial charge in [0, 0.05) is 28.3 Å². The van der Waals surface area contributed by atoms with Crippen LogP contribution in [0.2, 0.25) is 0 Å². The first kappa shape index (κ1) is 17.8. The van der Waals surface area contributed by atoms with E-state index in [9.17, 15) is 4.79 Å². The van der Waals surface area contributed by atoms with Crippen LogP contribution in [-0.2, 0) is 6.54 Å². The van der Waals surface area contributed by atoms with Gasteiger partial charge in [-0.2, -0.15) is 5.26 Å². The average molecular weight is 384 g/mol. The highest BCUT2D eigenvalue weighted by atomic mass is 32.1. The second kappa shape index (κ2) is 7.59. The molecule has 28 heavy (non-hydrogen) atoms. The molecule has 0 aliphatic carbocycles. The van der Waals surface area contributed by atoms with E-state index in [1.165, 1.54) is 11.3 Å². The number of pyridine rings is 1.